The van der Waals surface area contributed by atoms with Gasteiger partial charge in [-0.25, -0.2) is 0 Å². The third-order valence-corrected chi connectivity index (χ3v) is 6.98. The van der Waals surface area contributed by atoms with Crippen LogP contribution in [0.25, 0.3) is 22.0 Å². The molecule has 9 heteroatoms. The van der Waals surface area contributed by atoms with E-state index in [2.05, 4.69) is 35.7 Å². The van der Waals surface area contributed by atoms with Gasteiger partial charge in [-0.3, -0.25) is 29.6 Å². The molecule has 4 aromatic rings. The van der Waals surface area contributed by atoms with Crippen molar-refractivity contribution in [2.75, 3.05) is 23.7 Å². The molecule has 2 fully saturated rings. The summed E-state index contributed by atoms with van der Waals surface area (Å²) in [5.41, 5.74) is 5.08. The van der Waals surface area contributed by atoms with Crippen molar-refractivity contribution in [1.29, 1.82) is 0 Å². The van der Waals surface area contributed by atoms with E-state index in [-0.39, 0.29) is 17.7 Å². The van der Waals surface area contributed by atoms with E-state index in [9.17, 15) is 9.59 Å². The molecule has 2 amide bonds. The normalized spacial score (nSPS) is 16.0. The van der Waals surface area contributed by atoms with Crippen molar-refractivity contribution in [1.82, 2.24) is 25.1 Å². The molecule has 1 aromatic carbocycles. The fourth-order valence-corrected chi connectivity index (χ4v) is 4.75. The number of aromatic nitrogens is 4. The van der Waals surface area contributed by atoms with Crippen molar-refractivity contribution in [3.05, 3.63) is 66.4 Å². The van der Waals surface area contributed by atoms with Gasteiger partial charge >= 0.3 is 0 Å². The van der Waals surface area contributed by atoms with Gasteiger partial charge in [0.05, 0.1) is 35.0 Å². The van der Waals surface area contributed by atoms with Gasteiger partial charge in [-0.2, -0.15) is 5.10 Å². The van der Waals surface area contributed by atoms with Gasteiger partial charge in [0.1, 0.15) is 0 Å². The van der Waals surface area contributed by atoms with Crippen molar-refractivity contribution in [2.45, 2.75) is 38.6 Å². The number of carbonyl (C=O) groups is 2. The van der Waals surface area contributed by atoms with Gasteiger partial charge in [0, 0.05) is 29.6 Å². The number of piperidine rings is 1. The summed E-state index contributed by atoms with van der Waals surface area (Å²) in [5.74, 6) is -0.150. The Bertz CT molecular complexity index is 1440. The van der Waals surface area contributed by atoms with E-state index in [1.165, 1.54) is 19.3 Å². The number of nitrogens with zero attached hydrogens (tertiary/aromatic N) is 4. The van der Waals surface area contributed by atoms with Crippen LogP contribution in [0.15, 0.2) is 55.0 Å². The molecule has 3 aromatic heterocycles. The van der Waals surface area contributed by atoms with Crippen LogP contribution in [0.4, 0.5) is 11.4 Å². The van der Waals surface area contributed by atoms with Crippen molar-refractivity contribution in [2.24, 2.45) is 5.92 Å². The third kappa shape index (κ3) is 5.36. The highest BCUT2D eigenvalue weighted by Gasteiger charge is 2.29. The number of nitrogens with one attached hydrogen (secondary N) is 3. The molecule has 3 N–H and O–H groups in total. The van der Waals surface area contributed by atoms with Crippen LogP contribution < -0.4 is 10.6 Å². The second-order valence-corrected chi connectivity index (χ2v) is 9.89. The summed E-state index contributed by atoms with van der Waals surface area (Å²) in [4.78, 5) is 36.5. The number of H-pyrrole nitrogens is 1. The minimum Gasteiger partial charge on any atom is -0.324 e. The number of aromatic amines is 1. The van der Waals surface area contributed by atoms with Crippen LogP contribution in [-0.4, -0.2) is 50.0 Å². The number of rotatable bonds is 7. The summed E-state index contributed by atoms with van der Waals surface area (Å²) in [6.07, 6.45) is 10.8. The lowest BCUT2D eigenvalue weighted by atomic mass is 10.0. The zero-order valence-corrected chi connectivity index (χ0v) is 20.5. The number of hydrogen-bond donors (Lipinski definition) is 3. The first-order chi connectivity index (χ1) is 18.1. The molecule has 6 rings (SSSR count). The van der Waals surface area contributed by atoms with E-state index in [0.717, 1.165) is 54.8 Å². The lowest BCUT2D eigenvalue weighted by Crippen LogP contribution is -2.29. The smallest absolute Gasteiger partial charge is 0.276 e. The van der Waals surface area contributed by atoms with Gasteiger partial charge in [-0.15, -0.1) is 0 Å². The third-order valence-electron chi connectivity index (χ3n) is 6.98. The first-order valence-electron chi connectivity index (χ1n) is 12.9. The van der Waals surface area contributed by atoms with Crippen LogP contribution in [-0.2, 0) is 11.3 Å². The highest BCUT2D eigenvalue weighted by Crippen LogP contribution is 2.31. The molecule has 1 saturated carbocycles. The van der Waals surface area contributed by atoms with E-state index in [1.54, 1.807) is 18.6 Å². The van der Waals surface area contributed by atoms with Crippen LogP contribution in [0.5, 0.6) is 0 Å². The SMILES string of the molecule is O=C(Nc1ccc(CN2CCCCC2)nc1)c1n[nH]c2ccc(-c3cncc(NC(=O)C4CC4)c3)cc12. The lowest BCUT2D eigenvalue weighted by molar-refractivity contribution is -0.117. The van der Waals surface area contributed by atoms with Crippen LogP contribution >= 0.6 is 0 Å². The van der Waals surface area contributed by atoms with E-state index in [4.69, 9.17) is 0 Å². The second kappa shape index (κ2) is 10.1. The van der Waals surface area contributed by atoms with Gasteiger partial charge in [-0.05, 0) is 74.7 Å². The molecular weight excluding hydrogens is 466 g/mol. The van der Waals surface area contributed by atoms with Crippen molar-refractivity contribution in [3.8, 4) is 11.1 Å². The van der Waals surface area contributed by atoms with Gasteiger partial charge in [0.2, 0.25) is 5.91 Å². The standard InChI is InChI=1S/C28H29N7O2/c36-27(18-4-5-18)32-23-12-20(14-29-15-23)19-6-9-25-24(13-19)26(34-33-25)28(37)31-21-7-8-22(30-16-21)17-35-10-2-1-3-11-35/h6-9,12-16,18H,1-5,10-11,17H2,(H,31,37)(H,32,36)(H,33,34). The number of pyridine rings is 2. The van der Waals surface area contributed by atoms with E-state index < -0.39 is 0 Å². The fraction of sp³-hybridized carbons (Fsp3) is 0.321. The largest absolute Gasteiger partial charge is 0.324 e. The van der Waals surface area contributed by atoms with Crippen LogP contribution in [0.1, 0.15) is 48.3 Å². The number of benzene rings is 1. The predicted molar refractivity (Wildman–Crippen MR) is 142 cm³/mol. The van der Waals surface area contributed by atoms with Crippen molar-refractivity contribution >= 4 is 34.1 Å². The molecule has 1 saturated heterocycles. The Labute approximate surface area is 214 Å². The maximum absolute atomic E-state index is 13.1. The summed E-state index contributed by atoms with van der Waals surface area (Å²) in [6, 6.07) is 11.5. The minimum atomic E-state index is -0.308. The lowest BCUT2D eigenvalue weighted by Gasteiger charge is -2.25. The average Bonchev–Trinajstić information content (AvgIpc) is 3.69. The van der Waals surface area contributed by atoms with E-state index >= 15 is 0 Å². The van der Waals surface area contributed by atoms with E-state index in [0.29, 0.717) is 22.5 Å². The van der Waals surface area contributed by atoms with Crippen molar-refractivity contribution < 1.29 is 9.59 Å². The molecule has 2 aliphatic rings. The predicted octanol–water partition coefficient (Wildman–Crippen LogP) is 4.61. The Hall–Kier alpha value is -4.11. The Morgan fingerprint density at radius 2 is 1.78 bits per heavy atom. The summed E-state index contributed by atoms with van der Waals surface area (Å²) in [5, 5.41) is 13.8. The summed E-state index contributed by atoms with van der Waals surface area (Å²) in [7, 11) is 0. The maximum atomic E-state index is 13.1. The topological polar surface area (TPSA) is 116 Å². The minimum absolute atomic E-state index is 0.0391. The zero-order chi connectivity index (χ0) is 25.2. The van der Waals surface area contributed by atoms with Gasteiger partial charge in [0.15, 0.2) is 5.69 Å². The number of anilines is 2. The van der Waals surface area contributed by atoms with Crippen LogP contribution in [0.2, 0.25) is 0 Å². The number of hydrogen-bond acceptors (Lipinski definition) is 6. The molecule has 0 radical (unpaired) electrons. The molecule has 0 spiro atoms. The molecule has 1 aliphatic heterocycles. The number of amides is 2. The monoisotopic (exact) mass is 495 g/mol. The Morgan fingerprint density at radius 1 is 0.919 bits per heavy atom. The number of fused-ring (bicyclic) bond motifs is 1. The Kier molecular flexibility index (Phi) is 6.36. The highest BCUT2D eigenvalue weighted by atomic mass is 16.2. The summed E-state index contributed by atoms with van der Waals surface area (Å²) >= 11 is 0. The summed E-state index contributed by atoms with van der Waals surface area (Å²) < 4.78 is 0. The molecule has 1 aliphatic carbocycles. The molecular formula is C28H29N7O2. The fourth-order valence-electron chi connectivity index (χ4n) is 4.75. The Balaban J connectivity index is 1.17. The van der Waals surface area contributed by atoms with Crippen molar-refractivity contribution in [3.63, 3.8) is 0 Å². The maximum Gasteiger partial charge on any atom is 0.276 e. The summed E-state index contributed by atoms with van der Waals surface area (Å²) in [6.45, 7) is 3.06. The van der Waals surface area contributed by atoms with Crippen LogP contribution in [0, 0.1) is 5.92 Å². The molecule has 0 atom stereocenters. The number of carbonyl (C=O) groups excluding carboxylic acids is 2. The zero-order valence-electron chi connectivity index (χ0n) is 20.5. The molecule has 0 bridgehead atoms. The van der Waals surface area contributed by atoms with Gasteiger partial charge in [-0.1, -0.05) is 12.5 Å². The molecule has 9 nitrogen and oxygen atoms in total. The molecule has 0 unspecified atom stereocenters. The molecule has 37 heavy (non-hydrogen) atoms. The van der Waals surface area contributed by atoms with E-state index in [1.807, 2.05) is 36.4 Å². The Morgan fingerprint density at radius 3 is 2.57 bits per heavy atom. The first kappa shape index (κ1) is 23.3. The van der Waals surface area contributed by atoms with Crippen LogP contribution in [0.3, 0.4) is 0 Å². The van der Waals surface area contributed by atoms with Gasteiger partial charge in [0.25, 0.3) is 5.91 Å². The first-order valence-corrected chi connectivity index (χ1v) is 12.9. The molecule has 4 heterocycles. The highest BCUT2D eigenvalue weighted by molar-refractivity contribution is 6.11. The average molecular weight is 496 g/mol. The second-order valence-electron chi connectivity index (χ2n) is 9.89. The molecule has 188 valence electrons. The van der Waals surface area contributed by atoms with Gasteiger partial charge < -0.3 is 10.6 Å². The number of likely N-dealkylation sites (tertiary alicyclic amines) is 1. The quantitative estimate of drug-likeness (QED) is 0.345.